The Morgan fingerprint density at radius 2 is 2.15 bits per heavy atom. The maximum Gasteiger partial charge on any atom is 0.258 e. The Morgan fingerprint density at radius 3 is 2.96 bits per heavy atom. The van der Waals surface area contributed by atoms with E-state index in [1.165, 1.54) is 0 Å². The van der Waals surface area contributed by atoms with E-state index < -0.39 is 0 Å². The van der Waals surface area contributed by atoms with Gasteiger partial charge >= 0.3 is 0 Å². The smallest absolute Gasteiger partial charge is 0.258 e. The van der Waals surface area contributed by atoms with Crippen LogP contribution in [0.5, 0.6) is 0 Å². The maximum absolute atomic E-state index is 13.4. The fourth-order valence-corrected chi connectivity index (χ4v) is 3.52. The molecule has 4 heterocycles. The molecular weight excluding hydrogens is 332 g/mol. The van der Waals surface area contributed by atoms with Crippen LogP contribution in [-0.2, 0) is 0 Å². The number of carbonyl (C=O) groups is 1. The molecule has 1 saturated heterocycles. The number of hydrogen-bond acceptors (Lipinski definition) is 7. The van der Waals surface area contributed by atoms with Gasteiger partial charge in [-0.05, 0) is 32.8 Å². The Labute approximate surface area is 150 Å². The van der Waals surface area contributed by atoms with E-state index in [9.17, 15) is 4.79 Å². The van der Waals surface area contributed by atoms with E-state index in [2.05, 4.69) is 25.4 Å². The second kappa shape index (κ2) is 6.36. The zero-order chi connectivity index (χ0) is 18.3. The third-order valence-electron chi connectivity index (χ3n) is 4.74. The van der Waals surface area contributed by atoms with Crippen LogP contribution >= 0.6 is 0 Å². The number of rotatable bonds is 3. The number of hydrogen-bond donors (Lipinski definition) is 1. The summed E-state index contributed by atoms with van der Waals surface area (Å²) in [5.74, 6) is 0.643. The minimum Gasteiger partial charge on any atom is -0.372 e. The Kier molecular flexibility index (Phi) is 4.02. The van der Waals surface area contributed by atoms with Crippen LogP contribution in [0.3, 0.4) is 0 Å². The molecule has 1 N–H and O–H groups in total. The molecule has 134 valence electrons. The van der Waals surface area contributed by atoms with Gasteiger partial charge in [0.05, 0.1) is 40.8 Å². The summed E-state index contributed by atoms with van der Waals surface area (Å²) in [5.41, 5.74) is 3.18. The van der Waals surface area contributed by atoms with Crippen molar-refractivity contribution in [3.05, 3.63) is 41.1 Å². The molecule has 1 fully saturated rings. The average molecular weight is 352 g/mol. The van der Waals surface area contributed by atoms with Gasteiger partial charge in [-0.3, -0.25) is 9.78 Å². The quantitative estimate of drug-likeness (QED) is 0.774. The largest absolute Gasteiger partial charge is 0.372 e. The summed E-state index contributed by atoms with van der Waals surface area (Å²) >= 11 is 0. The molecule has 1 atom stereocenters. The Balaban J connectivity index is 1.75. The number of likely N-dealkylation sites (tertiary alicyclic amines) is 1. The Hall–Kier alpha value is -3.03. The third kappa shape index (κ3) is 2.67. The summed E-state index contributed by atoms with van der Waals surface area (Å²) in [4.78, 5) is 28.4. The molecule has 8 nitrogen and oxygen atoms in total. The van der Waals surface area contributed by atoms with Crippen molar-refractivity contribution in [3.8, 4) is 0 Å². The summed E-state index contributed by atoms with van der Waals surface area (Å²) in [6.45, 7) is 4.35. The Morgan fingerprint density at radius 1 is 1.31 bits per heavy atom. The van der Waals surface area contributed by atoms with Gasteiger partial charge in [0.25, 0.3) is 11.6 Å². The van der Waals surface area contributed by atoms with Crippen LogP contribution in [0, 0.1) is 13.8 Å². The summed E-state index contributed by atoms with van der Waals surface area (Å²) < 4.78 is 5.26. The number of aromatic nitrogens is 4. The zero-order valence-corrected chi connectivity index (χ0v) is 15.0. The molecule has 4 rings (SSSR count). The maximum atomic E-state index is 13.4. The molecule has 0 bridgehead atoms. The van der Waals surface area contributed by atoms with Crippen molar-refractivity contribution < 1.29 is 9.32 Å². The molecule has 0 spiro atoms. The minimum atomic E-state index is -0.0908. The standard InChI is InChI=1S/C18H20N6O2/c1-10-7-12(16-11(2)23-26-17(16)21-10)18(25)24-6-4-5-14(24)13-8-20-9-15(19-3)22-13/h7-9,14H,4-6H2,1-3H3,(H,19,22)/t14-/m1/s1. The van der Waals surface area contributed by atoms with E-state index in [1.807, 2.05) is 18.7 Å². The molecule has 1 amide bonds. The van der Waals surface area contributed by atoms with Crippen molar-refractivity contribution in [2.75, 3.05) is 18.9 Å². The SMILES string of the molecule is CNc1cncc([C@H]2CCCN2C(=O)c2cc(C)nc3onc(C)c23)n1. The van der Waals surface area contributed by atoms with Gasteiger partial charge in [0.15, 0.2) is 0 Å². The highest BCUT2D eigenvalue weighted by Crippen LogP contribution is 2.34. The van der Waals surface area contributed by atoms with Crippen LogP contribution in [0.15, 0.2) is 23.0 Å². The second-order valence-corrected chi connectivity index (χ2v) is 6.50. The average Bonchev–Trinajstić information content (AvgIpc) is 3.28. The van der Waals surface area contributed by atoms with Crippen LogP contribution in [0.2, 0.25) is 0 Å². The number of fused-ring (bicyclic) bond motifs is 1. The lowest BCUT2D eigenvalue weighted by Crippen LogP contribution is -2.31. The number of carbonyl (C=O) groups excluding carboxylic acids is 1. The van der Waals surface area contributed by atoms with Crippen LogP contribution in [-0.4, -0.2) is 44.5 Å². The van der Waals surface area contributed by atoms with Gasteiger partial charge < -0.3 is 14.7 Å². The normalized spacial score (nSPS) is 17.0. The molecule has 1 aliphatic heterocycles. The lowest BCUT2D eigenvalue weighted by Gasteiger charge is -2.24. The number of nitrogens with one attached hydrogen (secondary N) is 1. The number of amides is 1. The first-order valence-electron chi connectivity index (χ1n) is 8.62. The molecule has 8 heteroatoms. The van der Waals surface area contributed by atoms with E-state index in [0.717, 1.165) is 24.2 Å². The first-order chi connectivity index (χ1) is 12.6. The van der Waals surface area contributed by atoms with Gasteiger partial charge in [0.1, 0.15) is 5.82 Å². The predicted octanol–water partition coefficient (Wildman–Crippen LogP) is 2.65. The fourth-order valence-electron chi connectivity index (χ4n) is 3.52. The Bertz CT molecular complexity index is 983. The van der Waals surface area contributed by atoms with E-state index in [4.69, 9.17) is 4.52 Å². The van der Waals surface area contributed by atoms with Crippen molar-refractivity contribution >= 4 is 22.8 Å². The van der Waals surface area contributed by atoms with Gasteiger partial charge in [-0.2, -0.15) is 0 Å². The number of aryl methyl sites for hydroxylation is 2. The van der Waals surface area contributed by atoms with Gasteiger partial charge in [-0.1, -0.05) is 5.16 Å². The fraction of sp³-hybridized carbons (Fsp3) is 0.389. The van der Waals surface area contributed by atoms with Gasteiger partial charge in [0.2, 0.25) is 0 Å². The summed E-state index contributed by atoms with van der Waals surface area (Å²) in [5, 5.41) is 7.65. The molecule has 0 aromatic carbocycles. The molecule has 0 saturated carbocycles. The number of anilines is 1. The zero-order valence-electron chi connectivity index (χ0n) is 15.0. The van der Waals surface area contributed by atoms with Crippen LogP contribution < -0.4 is 5.32 Å². The first kappa shape index (κ1) is 16.4. The van der Waals surface area contributed by atoms with E-state index in [1.54, 1.807) is 25.5 Å². The van der Waals surface area contributed by atoms with E-state index in [-0.39, 0.29) is 11.9 Å². The molecule has 1 aliphatic rings. The summed E-state index contributed by atoms with van der Waals surface area (Å²) in [7, 11) is 1.80. The third-order valence-corrected chi connectivity index (χ3v) is 4.74. The van der Waals surface area contributed by atoms with Gasteiger partial charge in [0, 0.05) is 19.3 Å². The highest BCUT2D eigenvalue weighted by atomic mass is 16.5. The minimum absolute atomic E-state index is 0.0500. The van der Waals surface area contributed by atoms with Gasteiger partial charge in [-0.15, -0.1) is 0 Å². The van der Waals surface area contributed by atoms with Crippen LogP contribution in [0.4, 0.5) is 5.82 Å². The molecular formula is C18H20N6O2. The second-order valence-electron chi connectivity index (χ2n) is 6.50. The van der Waals surface area contributed by atoms with E-state index in [0.29, 0.717) is 34.7 Å². The van der Waals surface area contributed by atoms with Crippen molar-refractivity contribution in [2.45, 2.75) is 32.7 Å². The van der Waals surface area contributed by atoms with Crippen molar-refractivity contribution in [2.24, 2.45) is 0 Å². The lowest BCUT2D eigenvalue weighted by atomic mass is 10.1. The molecule has 0 unspecified atom stereocenters. The first-order valence-corrected chi connectivity index (χ1v) is 8.62. The molecule has 3 aromatic heterocycles. The lowest BCUT2D eigenvalue weighted by molar-refractivity contribution is 0.0734. The van der Waals surface area contributed by atoms with Crippen LogP contribution in [0.1, 0.15) is 46.3 Å². The monoisotopic (exact) mass is 352 g/mol. The molecule has 3 aromatic rings. The summed E-state index contributed by atoms with van der Waals surface area (Å²) in [6.07, 6.45) is 5.19. The van der Waals surface area contributed by atoms with Crippen molar-refractivity contribution in [1.29, 1.82) is 0 Å². The number of pyridine rings is 1. The number of nitrogens with zero attached hydrogens (tertiary/aromatic N) is 5. The van der Waals surface area contributed by atoms with Crippen molar-refractivity contribution in [1.82, 2.24) is 25.0 Å². The molecule has 26 heavy (non-hydrogen) atoms. The highest BCUT2D eigenvalue weighted by Gasteiger charge is 2.33. The van der Waals surface area contributed by atoms with Gasteiger partial charge in [-0.25, -0.2) is 9.97 Å². The van der Waals surface area contributed by atoms with Crippen molar-refractivity contribution in [3.63, 3.8) is 0 Å². The van der Waals surface area contributed by atoms with Crippen LogP contribution in [0.25, 0.3) is 11.1 Å². The topological polar surface area (TPSA) is 97.0 Å². The van der Waals surface area contributed by atoms with E-state index >= 15 is 0 Å². The molecule has 0 aliphatic carbocycles. The predicted molar refractivity (Wildman–Crippen MR) is 95.9 cm³/mol. The highest BCUT2D eigenvalue weighted by molar-refractivity contribution is 6.06. The summed E-state index contributed by atoms with van der Waals surface area (Å²) in [6, 6.07) is 1.71. The molecule has 0 radical (unpaired) electrons.